The average molecular weight is 164 g/mol. The summed E-state index contributed by atoms with van der Waals surface area (Å²) in [5.41, 5.74) is 2.72. The Hall–Kier alpha value is -0.780. The Morgan fingerprint density at radius 2 is 1.75 bits per heavy atom. The van der Waals surface area contributed by atoms with Crippen LogP contribution < -0.4 is 0 Å². The van der Waals surface area contributed by atoms with Crippen LogP contribution in [0.3, 0.4) is 0 Å². The highest BCUT2D eigenvalue weighted by molar-refractivity contribution is 5.32. The van der Waals surface area contributed by atoms with Crippen LogP contribution in [-0.4, -0.2) is 0 Å². The molecule has 0 atom stereocenters. The fraction of sp³-hybridized carbons (Fsp3) is 0.500. The van der Waals surface area contributed by atoms with Gasteiger partial charge >= 0.3 is 0 Å². The number of hydrogen-bond acceptors (Lipinski definition) is 0. The number of rotatable bonds is 1. The zero-order chi connectivity index (χ0) is 9.40. The summed E-state index contributed by atoms with van der Waals surface area (Å²) in [4.78, 5) is 0. The van der Waals surface area contributed by atoms with Gasteiger partial charge in [0.25, 0.3) is 0 Å². The first-order chi connectivity index (χ1) is 5.84. The zero-order valence-corrected chi connectivity index (χ0v) is 8.40. The van der Waals surface area contributed by atoms with Crippen molar-refractivity contribution in [1.82, 2.24) is 0 Å². The third-order valence-corrected chi connectivity index (χ3v) is 1.95. The van der Waals surface area contributed by atoms with Crippen LogP contribution in [0.1, 0.15) is 39.5 Å². The second-order valence-corrected chi connectivity index (χ2v) is 2.74. The fourth-order valence-electron chi connectivity index (χ4n) is 1.33. The van der Waals surface area contributed by atoms with E-state index in [1.165, 1.54) is 36.8 Å². The summed E-state index contributed by atoms with van der Waals surface area (Å²) in [7, 11) is 0. The molecule has 1 aliphatic rings. The van der Waals surface area contributed by atoms with Gasteiger partial charge in [0.2, 0.25) is 0 Å². The quantitative estimate of drug-likeness (QED) is 0.543. The first-order valence-corrected chi connectivity index (χ1v) is 4.84. The van der Waals surface area contributed by atoms with Gasteiger partial charge in [-0.05, 0) is 31.3 Å². The van der Waals surface area contributed by atoms with Crippen molar-refractivity contribution >= 4 is 0 Å². The highest BCUT2D eigenvalue weighted by Crippen LogP contribution is 2.26. The molecule has 0 aromatic rings. The van der Waals surface area contributed by atoms with Crippen molar-refractivity contribution in [2.24, 2.45) is 0 Å². The standard InChI is InChI=1S/C10H14.C2H6/c1-3-6-10-8-5-4-7-9(10)2;1-2/h3,6H,1-2,4-5,7-8H2;1-2H3/b10-6-;. The molecule has 0 unspecified atom stereocenters. The van der Waals surface area contributed by atoms with Gasteiger partial charge in [-0.25, -0.2) is 0 Å². The predicted molar refractivity (Wildman–Crippen MR) is 57.2 cm³/mol. The van der Waals surface area contributed by atoms with Crippen LogP contribution in [0.2, 0.25) is 0 Å². The minimum Gasteiger partial charge on any atom is -0.0991 e. The molecule has 0 aliphatic heterocycles. The first kappa shape index (κ1) is 11.2. The van der Waals surface area contributed by atoms with Crippen LogP contribution in [0.15, 0.2) is 36.5 Å². The van der Waals surface area contributed by atoms with Crippen molar-refractivity contribution in [3.63, 3.8) is 0 Å². The number of hydrogen-bond donors (Lipinski definition) is 0. The van der Waals surface area contributed by atoms with Gasteiger partial charge in [0, 0.05) is 0 Å². The molecule has 0 bridgehead atoms. The average Bonchev–Trinajstić information content (AvgIpc) is 2.13. The van der Waals surface area contributed by atoms with Crippen LogP contribution in [0.5, 0.6) is 0 Å². The molecule has 0 heteroatoms. The molecule has 0 spiro atoms. The molecular weight excluding hydrogens is 144 g/mol. The maximum atomic E-state index is 4.00. The fourth-order valence-corrected chi connectivity index (χ4v) is 1.33. The van der Waals surface area contributed by atoms with Crippen LogP contribution in [-0.2, 0) is 0 Å². The van der Waals surface area contributed by atoms with Crippen LogP contribution >= 0.6 is 0 Å². The van der Waals surface area contributed by atoms with Gasteiger partial charge in [-0.3, -0.25) is 0 Å². The highest BCUT2D eigenvalue weighted by atomic mass is 14.1. The SMILES string of the molecule is C=C/C=C1/CCCCC1=C.CC. The van der Waals surface area contributed by atoms with Crippen molar-refractivity contribution in [1.29, 1.82) is 0 Å². The first-order valence-electron chi connectivity index (χ1n) is 4.84. The van der Waals surface area contributed by atoms with E-state index in [1.54, 1.807) is 0 Å². The Morgan fingerprint density at radius 1 is 1.17 bits per heavy atom. The second kappa shape index (κ2) is 6.90. The summed E-state index contributed by atoms with van der Waals surface area (Å²) < 4.78 is 0. The van der Waals surface area contributed by atoms with E-state index in [9.17, 15) is 0 Å². The lowest BCUT2D eigenvalue weighted by atomic mass is 9.90. The molecule has 0 N–H and O–H groups in total. The Labute approximate surface area is 76.7 Å². The Kier molecular flexibility index (Phi) is 6.45. The van der Waals surface area contributed by atoms with Gasteiger partial charge in [-0.1, -0.05) is 44.7 Å². The Bertz CT molecular complexity index is 172. The summed E-state index contributed by atoms with van der Waals surface area (Å²) in [5.74, 6) is 0. The molecule has 1 saturated carbocycles. The molecule has 0 aromatic heterocycles. The molecule has 12 heavy (non-hydrogen) atoms. The topological polar surface area (TPSA) is 0 Å². The van der Waals surface area contributed by atoms with Crippen molar-refractivity contribution < 1.29 is 0 Å². The van der Waals surface area contributed by atoms with Crippen molar-refractivity contribution in [3.8, 4) is 0 Å². The summed E-state index contributed by atoms with van der Waals surface area (Å²) in [6.45, 7) is 11.7. The van der Waals surface area contributed by atoms with E-state index in [4.69, 9.17) is 0 Å². The van der Waals surface area contributed by atoms with E-state index in [1.807, 2.05) is 19.9 Å². The molecule has 0 heterocycles. The third-order valence-electron chi connectivity index (χ3n) is 1.95. The van der Waals surface area contributed by atoms with Gasteiger partial charge in [0.15, 0.2) is 0 Å². The van der Waals surface area contributed by atoms with E-state index < -0.39 is 0 Å². The normalized spacial score (nSPS) is 19.8. The van der Waals surface area contributed by atoms with Crippen molar-refractivity contribution in [3.05, 3.63) is 36.5 Å². The third kappa shape index (κ3) is 3.56. The lowest BCUT2D eigenvalue weighted by Crippen LogP contribution is -1.96. The lowest BCUT2D eigenvalue weighted by Gasteiger charge is -2.15. The maximum Gasteiger partial charge on any atom is -0.0276 e. The van der Waals surface area contributed by atoms with Crippen molar-refractivity contribution in [2.45, 2.75) is 39.5 Å². The summed E-state index contributed by atoms with van der Waals surface area (Å²) in [6, 6.07) is 0. The molecule has 0 radical (unpaired) electrons. The molecule has 1 fully saturated rings. The van der Waals surface area contributed by atoms with Gasteiger partial charge in [0.05, 0.1) is 0 Å². The van der Waals surface area contributed by atoms with E-state index >= 15 is 0 Å². The largest absolute Gasteiger partial charge is 0.0991 e. The molecule has 0 amide bonds. The second-order valence-electron chi connectivity index (χ2n) is 2.74. The minimum absolute atomic E-state index is 1.18. The predicted octanol–water partition coefficient (Wildman–Crippen LogP) is 4.26. The Balaban J connectivity index is 0.000000561. The maximum absolute atomic E-state index is 4.00. The highest BCUT2D eigenvalue weighted by Gasteiger charge is 2.07. The van der Waals surface area contributed by atoms with E-state index in [0.29, 0.717) is 0 Å². The van der Waals surface area contributed by atoms with Gasteiger partial charge in [-0.15, -0.1) is 0 Å². The summed E-state index contributed by atoms with van der Waals surface area (Å²) in [6.07, 6.45) is 8.95. The molecule has 0 saturated heterocycles. The molecule has 68 valence electrons. The summed E-state index contributed by atoms with van der Waals surface area (Å²) in [5, 5.41) is 0. The molecular formula is C12H20. The van der Waals surface area contributed by atoms with E-state index in [0.717, 1.165) is 0 Å². The lowest BCUT2D eigenvalue weighted by molar-refractivity contribution is 0.681. The zero-order valence-electron chi connectivity index (χ0n) is 8.40. The van der Waals surface area contributed by atoms with Gasteiger partial charge in [0.1, 0.15) is 0 Å². The molecule has 1 aliphatic carbocycles. The Morgan fingerprint density at radius 3 is 2.25 bits per heavy atom. The van der Waals surface area contributed by atoms with E-state index in [-0.39, 0.29) is 0 Å². The van der Waals surface area contributed by atoms with Crippen molar-refractivity contribution in [2.75, 3.05) is 0 Å². The van der Waals surface area contributed by atoms with Crippen LogP contribution in [0, 0.1) is 0 Å². The van der Waals surface area contributed by atoms with Gasteiger partial charge < -0.3 is 0 Å². The molecule has 0 aromatic carbocycles. The van der Waals surface area contributed by atoms with E-state index in [2.05, 4.69) is 19.2 Å². The van der Waals surface area contributed by atoms with Gasteiger partial charge in [-0.2, -0.15) is 0 Å². The molecule has 0 nitrogen and oxygen atoms in total. The molecule has 1 rings (SSSR count). The monoisotopic (exact) mass is 164 g/mol. The smallest absolute Gasteiger partial charge is 0.0276 e. The minimum atomic E-state index is 1.18. The van der Waals surface area contributed by atoms with Crippen LogP contribution in [0.4, 0.5) is 0 Å². The number of allylic oxidation sites excluding steroid dienone is 4. The summed E-state index contributed by atoms with van der Waals surface area (Å²) >= 11 is 0. The van der Waals surface area contributed by atoms with Crippen LogP contribution in [0.25, 0.3) is 0 Å².